The molecule has 0 bridgehead atoms. The van der Waals surface area contributed by atoms with Crippen molar-refractivity contribution in [1.29, 1.82) is 0 Å². The third-order valence-electron chi connectivity index (χ3n) is 6.11. The van der Waals surface area contributed by atoms with Crippen molar-refractivity contribution < 1.29 is 33.1 Å². The van der Waals surface area contributed by atoms with Crippen molar-refractivity contribution >= 4 is 35.3 Å². The number of halogens is 2. The maximum absolute atomic E-state index is 14.0. The van der Waals surface area contributed by atoms with Crippen LogP contribution in [0.4, 0.5) is 14.9 Å². The molecule has 40 heavy (non-hydrogen) atoms. The molecule has 206 valence electrons. The van der Waals surface area contributed by atoms with Crippen molar-refractivity contribution in [1.82, 2.24) is 10.5 Å². The van der Waals surface area contributed by atoms with Crippen LogP contribution in [-0.2, 0) is 16.0 Å². The smallest absolute Gasteiger partial charge is 0.412 e. The van der Waals surface area contributed by atoms with Gasteiger partial charge in [-0.05, 0) is 43.7 Å². The zero-order chi connectivity index (χ0) is 28.8. The van der Waals surface area contributed by atoms with Crippen LogP contribution in [0, 0.1) is 12.7 Å². The number of carboxylic acids is 1. The number of nitrogens with zero attached hydrogens (tertiary/aromatic N) is 1. The minimum absolute atomic E-state index is 0.169. The van der Waals surface area contributed by atoms with E-state index < -0.39 is 35.9 Å². The summed E-state index contributed by atoms with van der Waals surface area (Å²) in [4.78, 5) is 37.1. The molecule has 2 atom stereocenters. The van der Waals surface area contributed by atoms with Crippen LogP contribution in [0.25, 0.3) is 11.3 Å². The second-order valence-corrected chi connectivity index (χ2v) is 9.31. The predicted molar refractivity (Wildman–Crippen MR) is 146 cm³/mol. The Morgan fingerprint density at radius 3 is 2.40 bits per heavy atom. The van der Waals surface area contributed by atoms with E-state index >= 15 is 0 Å². The predicted octanol–water partition coefficient (Wildman–Crippen LogP) is 6.18. The summed E-state index contributed by atoms with van der Waals surface area (Å²) in [5.41, 5.74) is 2.16. The Hall–Kier alpha value is -4.70. The molecule has 3 aromatic carbocycles. The summed E-state index contributed by atoms with van der Waals surface area (Å²) in [7, 11) is 0. The summed E-state index contributed by atoms with van der Waals surface area (Å²) >= 11 is 6.19. The normalized spacial score (nSPS) is 12.3. The number of carbonyl (C=O) groups excluding carboxylic acids is 2. The fraction of sp³-hybridized carbons (Fsp3) is 0.172. The van der Waals surface area contributed by atoms with E-state index in [9.17, 15) is 23.9 Å². The molecule has 4 aromatic rings. The lowest BCUT2D eigenvalue weighted by molar-refractivity contribution is -0.139. The van der Waals surface area contributed by atoms with Gasteiger partial charge in [-0.15, -0.1) is 0 Å². The van der Waals surface area contributed by atoms with E-state index in [4.69, 9.17) is 20.9 Å². The molecular weight excluding hydrogens is 541 g/mol. The highest BCUT2D eigenvalue weighted by molar-refractivity contribution is 6.31. The molecule has 0 unspecified atom stereocenters. The molecule has 0 aliphatic heterocycles. The van der Waals surface area contributed by atoms with E-state index in [1.54, 1.807) is 56.3 Å². The summed E-state index contributed by atoms with van der Waals surface area (Å²) in [5.74, 6) is -2.27. The van der Waals surface area contributed by atoms with Gasteiger partial charge in [0.15, 0.2) is 5.76 Å². The number of carbonyl (C=O) groups is 3. The van der Waals surface area contributed by atoms with E-state index in [1.165, 1.54) is 30.3 Å². The molecule has 9 nitrogen and oxygen atoms in total. The van der Waals surface area contributed by atoms with Gasteiger partial charge >= 0.3 is 12.1 Å². The van der Waals surface area contributed by atoms with Crippen LogP contribution in [0.2, 0.25) is 5.02 Å². The number of carboxylic acid groups (broad SMARTS) is 1. The maximum Gasteiger partial charge on any atom is 0.412 e. The van der Waals surface area contributed by atoms with Gasteiger partial charge in [-0.1, -0.05) is 65.3 Å². The van der Waals surface area contributed by atoms with Gasteiger partial charge in [0.2, 0.25) is 0 Å². The minimum atomic E-state index is -1.34. The number of amides is 2. The largest absolute Gasteiger partial charge is 0.480 e. The van der Waals surface area contributed by atoms with Gasteiger partial charge in [-0.25, -0.2) is 14.0 Å². The van der Waals surface area contributed by atoms with E-state index in [-0.39, 0.29) is 29.0 Å². The zero-order valence-corrected chi connectivity index (χ0v) is 22.2. The van der Waals surface area contributed by atoms with E-state index in [1.807, 2.05) is 0 Å². The van der Waals surface area contributed by atoms with Crippen molar-refractivity contribution in [3.63, 3.8) is 0 Å². The summed E-state index contributed by atoms with van der Waals surface area (Å²) in [6.45, 7) is 3.33. The van der Waals surface area contributed by atoms with Crippen LogP contribution < -0.4 is 10.6 Å². The fourth-order valence-corrected chi connectivity index (χ4v) is 4.26. The molecule has 4 rings (SSSR count). The Bertz CT molecular complexity index is 1540. The van der Waals surface area contributed by atoms with Crippen molar-refractivity contribution in [2.45, 2.75) is 32.4 Å². The second kappa shape index (κ2) is 12.4. The molecule has 0 saturated heterocycles. The average Bonchev–Trinajstić information content (AvgIpc) is 3.29. The van der Waals surface area contributed by atoms with Crippen molar-refractivity contribution in [3.8, 4) is 11.3 Å². The molecule has 0 saturated carbocycles. The van der Waals surface area contributed by atoms with Crippen LogP contribution in [0.15, 0.2) is 77.3 Å². The van der Waals surface area contributed by atoms with Crippen LogP contribution in [0.1, 0.15) is 40.2 Å². The lowest BCUT2D eigenvalue weighted by Gasteiger charge is -2.16. The monoisotopic (exact) mass is 565 g/mol. The first kappa shape index (κ1) is 28.3. The molecule has 0 aliphatic rings. The number of rotatable bonds is 9. The maximum atomic E-state index is 14.0. The Morgan fingerprint density at radius 1 is 1.05 bits per heavy atom. The van der Waals surface area contributed by atoms with Crippen LogP contribution in [0.3, 0.4) is 0 Å². The molecule has 0 aliphatic carbocycles. The van der Waals surface area contributed by atoms with Gasteiger partial charge in [-0.3, -0.25) is 10.1 Å². The molecule has 2 amide bonds. The molecule has 1 heterocycles. The minimum Gasteiger partial charge on any atom is -0.480 e. The van der Waals surface area contributed by atoms with E-state index in [0.29, 0.717) is 21.8 Å². The highest BCUT2D eigenvalue weighted by Crippen LogP contribution is 2.32. The first-order valence-electron chi connectivity index (χ1n) is 12.2. The second-order valence-electron chi connectivity index (χ2n) is 8.90. The van der Waals surface area contributed by atoms with Gasteiger partial charge in [0.1, 0.15) is 29.3 Å². The summed E-state index contributed by atoms with van der Waals surface area (Å²) < 4.78 is 24.9. The van der Waals surface area contributed by atoms with E-state index in [2.05, 4.69) is 15.8 Å². The standard InChI is InChI=1S/C29H25ClFN3O6/c1-16-25(33-29(38)39-17(2)21-8-4-5-9-22(21)30)26(40-34-16)18-11-13-19(14-12-18)27(35)32-24(28(36)37)15-20-7-3-6-10-23(20)31/h3-14,17,24H,15H2,1-2H3,(H,32,35)(H,33,38)(H,36,37)/t17-,24-/m1/s1. The molecule has 0 spiro atoms. The number of hydrogen-bond donors (Lipinski definition) is 3. The molecule has 11 heteroatoms. The molecule has 1 aromatic heterocycles. The Balaban J connectivity index is 1.44. The number of ether oxygens (including phenoxy) is 1. The van der Waals surface area contributed by atoms with Gasteiger partial charge in [0, 0.05) is 28.1 Å². The number of hydrogen-bond acceptors (Lipinski definition) is 6. The van der Waals surface area contributed by atoms with Gasteiger partial charge in [0.05, 0.1) is 0 Å². The quantitative estimate of drug-likeness (QED) is 0.221. The van der Waals surface area contributed by atoms with Crippen molar-refractivity contribution in [2.75, 3.05) is 5.32 Å². The Labute approximate surface area is 233 Å². The summed E-state index contributed by atoms with van der Waals surface area (Å²) in [5, 5.41) is 19.0. The number of aliphatic carboxylic acids is 1. The highest BCUT2D eigenvalue weighted by Gasteiger charge is 2.24. The Morgan fingerprint density at radius 2 is 1.73 bits per heavy atom. The number of nitrogens with one attached hydrogen (secondary N) is 2. The zero-order valence-electron chi connectivity index (χ0n) is 21.5. The fourth-order valence-electron chi connectivity index (χ4n) is 3.97. The lowest BCUT2D eigenvalue weighted by Crippen LogP contribution is -2.42. The van der Waals surface area contributed by atoms with Gasteiger partial charge in [0.25, 0.3) is 5.91 Å². The average molecular weight is 566 g/mol. The Kier molecular flexibility index (Phi) is 8.80. The van der Waals surface area contributed by atoms with Crippen LogP contribution >= 0.6 is 11.6 Å². The molecular formula is C29H25ClFN3O6. The van der Waals surface area contributed by atoms with Crippen LogP contribution in [-0.4, -0.2) is 34.3 Å². The first-order chi connectivity index (χ1) is 19.1. The lowest BCUT2D eigenvalue weighted by atomic mass is 10.0. The van der Waals surface area contributed by atoms with Crippen molar-refractivity contribution in [3.05, 3.63) is 106 Å². The number of benzene rings is 3. The third kappa shape index (κ3) is 6.65. The first-order valence-corrected chi connectivity index (χ1v) is 12.6. The van der Waals surface area contributed by atoms with Gasteiger partial charge in [-0.2, -0.15) is 0 Å². The van der Waals surface area contributed by atoms with Crippen LogP contribution in [0.5, 0.6) is 0 Å². The number of anilines is 1. The number of aromatic nitrogens is 1. The molecule has 0 radical (unpaired) electrons. The highest BCUT2D eigenvalue weighted by atomic mass is 35.5. The van der Waals surface area contributed by atoms with E-state index in [0.717, 1.165) is 0 Å². The molecule has 0 fully saturated rings. The molecule has 3 N–H and O–H groups in total. The van der Waals surface area contributed by atoms with Gasteiger partial charge < -0.3 is 19.7 Å². The summed E-state index contributed by atoms with van der Waals surface area (Å²) in [6, 6.07) is 17.5. The third-order valence-corrected chi connectivity index (χ3v) is 6.46. The van der Waals surface area contributed by atoms with Crippen molar-refractivity contribution in [2.24, 2.45) is 0 Å². The summed E-state index contributed by atoms with van der Waals surface area (Å²) in [6.07, 6.45) is -1.59. The topological polar surface area (TPSA) is 131 Å². The number of aryl methyl sites for hydroxylation is 1. The SMILES string of the molecule is Cc1noc(-c2ccc(C(=O)N[C@H](Cc3ccccc3F)C(=O)O)cc2)c1NC(=O)O[C@H](C)c1ccccc1Cl.